The maximum Gasteiger partial charge on any atom is 0.416 e. The summed E-state index contributed by atoms with van der Waals surface area (Å²) in [6.45, 7) is 0.227. The minimum atomic E-state index is -4.41. The molecular formula is C17H14F5NO2S. The van der Waals surface area contributed by atoms with E-state index in [0.29, 0.717) is 4.90 Å². The second-order valence-corrected chi connectivity index (χ2v) is 6.13. The van der Waals surface area contributed by atoms with Crippen molar-refractivity contribution < 1.29 is 31.5 Å². The molecule has 2 aromatic carbocycles. The monoisotopic (exact) mass is 391 g/mol. The Bertz CT molecular complexity index is 750. The predicted molar refractivity (Wildman–Crippen MR) is 87.0 cm³/mol. The zero-order chi connectivity index (χ0) is 19.2. The van der Waals surface area contributed by atoms with Crippen molar-refractivity contribution in [3.8, 4) is 5.75 Å². The Morgan fingerprint density at radius 1 is 1.04 bits per heavy atom. The zero-order valence-corrected chi connectivity index (χ0v) is 14.1. The lowest BCUT2D eigenvalue weighted by Gasteiger charge is -2.10. The molecule has 0 aliphatic carbocycles. The van der Waals surface area contributed by atoms with Gasteiger partial charge in [-0.2, -0.15) is 13.2 Å². The van der Waals surface area contributed by atoms with E-state index in [0.717, 1.165) is 36.0 Å². The summed E-state index contributed by atoms with van der Waals surface area (Å²) in [6, 6.07) is 7.56. The average molecular weight is 391 g/mol. The Hall–Kier alpha value is -2.29. The Morgan fingerprint density at radius 3 is 2.35 bits per heavy atom. The standard InChI is InChI=1S/C17H14F5NO2S/c18-14-6-5-13(9-15(14)19)26-10-16(24)23-7-8-25-12-3-1-11(2-4-12)17(20,21)22/h1-6,9H,7-8,10H2,(H,23,24). The van der Waals surface area contributed by atoms with Crippen LogP contribution in [0, 0.1) is 11.6 Å². The first-order valence-corrected chi connectivity index (χ1v) is 8.39. The van der Waals surface area contributed by atoms with Gasteiger partial charge in [-0.1, -0.05) is 0 Å². The number of benzene rings is 2. The SMILES string of the molecule is O=C(CSc1ccc(F)c(F)c1)NCCOc1ccc(C(F)(F)F)cc1. The molecule has 0 heterocycles. The van der Waals surface area contributed by atoms with Crippen LogP contribution in [0.4, 0.5) is 22.0 Å². The summed E-state index contributed by atoms with van der Waals surface area (Å²) in [5, 5.41) is 2.55. The van der Waals surface area contributed by atoms with E-state index in [2.05, 4.69) is 5.32 Å². The van der Waals surface area contributed by atoms with Crippen molar-refractivity contribution in [3.63, 3.8) is 0 Å². The number of amides is 1. The molecule has 0 saturated carbocycles. The molecule has 0 bridgehead atoms. The number of carbonyl (C=O) groups is 1. The summed E-state index contributed by atoms with van der Waals surface area (Å²) in [4.78, 5) is 12.1. The van der Waals surface area contributed by atoms with Gasteiger partial charge in [0.25, 0.3) is 0 Å². The second kappa shape index (κ2) is 8.88. The molecule has 0 radical (unpaired) electrons. The van der Waals surface area contributed by atoms with Gasteiger partial charge in [0.1, 0.15) is 12.4 Å². The lowest BCUT2D eigenvalue weighted by molar-refractivity contribution is -0.137. The quantitative estimate of drug-likeness (QED) is 0.435. The molecule has 0 unspecified atom stereocenters. The van der Waals surface area contributed by atoms with Gasteiger partial charge in [-0.05, 0) is 42.5 Å². The van der Waals surface area contributed by atoms with Crippen LogP contribution in [0.5, 0.6) is 5.75 Å². The van der Waals surface area contributed by atoms with Crippen LogP contribution in [0.2, 0.25) is 0 Å². The van der Waals surface area contributed by atoms with Crippen LogP contribution in [0.15, 0.2) is 47.4 Å². The largest absolute Gasteiger partial charge is 0.492 e. The molecular weight excluding hydrogens is 377 g/mol. The van der Waals surface area contributed by atoms with Gasteiger partial charge >= 0.3 is 6.18 Å². The highest BCUT2D eigenvalue weighted by molar-refractivity contribution is 8.00. The van der Waals surface area contributed by atoms with E-state index in [4.69, 9.17) is 4.74 Å². The van der Waals surface area contributed by atoms with Crippen molar-refractivity contribution in [1.82, 2.24) is 5.32 Å². The fourth-order valence-corrected chi connectivity index (χ4v) is 2.62. The van der Waals surface area contributed by atoms with Crippen LogP contribution < -0.4 is 10.1 Å². The van der Waals surface area contributed by atoms with Crippen LogP contribution >= 0.6 is 11.8 Å². The normalized spacial score (nSPS) is 11.3. The van der Waals surface area contributed by atoms with E-state index in [1.165, 1.54) is 18.2 Å². The Kier molecular flexibility index (Phi) is 6.84. The van der Waals surface area contributed by atoms with Crippen molar-refractivity contribution in [2.75, 3.05) is 18.9 Å². The van der Waals surface area contributed by atoms with Gasteiger partial charge in [-0.3, -0.25) is 4.79 Å². The highest BCUT2D eigenvalue weighted by Crippen LogP contribution is 2.30. The van der Waals surface area contributed by atoms with E-state index < -0.39 is 23.4 Å². The van der Waals surface area contributed by atoms with Crippen LogP contribution in [-0.4, -0.2) is 24.8 Å². The zero-order valence-electron chi connectivity index (χ0n) is 13.3. The number of halogens is 5. The molecule has 0 saturated heterocycles. The lowest BCUT2D eigenvalue weighted by Crippen LogP contribution is -2.29. The molecule has 0 atom stereocenters. The highest BCUT2D eigenvalue weighted by Gasteiger charge is 2.29. The maximum atomic E-state index is 13.0. The summed E-state index contributed by atoms with van der Waals surface area (Å²) in [5.41, 5.74) is -0.771. The topological polar surface area (TPSA) is 38.3 Å². The molecule has 140 valence electrons. The van der Waals surface area contributed by atoms with E-state index in [1.54, 1.807) is 0 Å². The Balaban J connectivity index is 1.67. The van der Waals surface area contributed by atoms with Crippen LogP contribution in [0.3, 0.4) is 0 Å². The number of hydrogen-bond donors (Lipinski definition) is 1. The molecule has 26 heavy (non-hydrogen) atoms. The number of nitrogens with one attached hydrogen (secondary N) is 1. The number of carbonyl (C=O) groups excluding carboxylic acids is 1. The minimum Gasteiger partial charge on any atom is -0.492 e. The molecule has 1 N–H and O–H groups in total. The van der Waals surface area contributed by atoms with Crippen molar-refractivity contribution in [2.45, 2.75) is 11.1 Å². The molecule has 0 aliphatic heterocycles. The smallest absolute Gasteiger partial charge is 0.416 e. The lowest BCUT2D eigenvalue weighted by atomic mass is 10.2. The molecule has 9 heteroatoms. The summed E-state index contributed by atoms with van der Waals surface area (Å²) >= 11 is 1.04. The number of ether oxygens (including phenoxy) is 1. The van der Waals surface area contributed by atoms with Crippen molar-refractivity contribution in [3.05, 3.63) is 59.7 Å². The first kappa shape index (κ1) is 20.0. The van der Waals surface area contributed by atoms with Gasteiger partial charge in [-0.15, -0.1) is 11.8 Å². The van der Waals surface area contributed by atoms with E-state index >= 15 is 0 Å². The molecule has 0 aliphatic rings. The van der Waals surface area contributed by atoms with Gasteiger partial charge in [0.2, 0.25) is 5.91 Å². The Morgan fingerprint density at radius 2 is 1.73 bits per heavy atom. The fourth-order valence-electron chi connectivity index (χ4n) is 1.87. The maximum absolute atomic E-state index is 13.0. The second-order valence-electron chi connectivity index (χ2n) is 5.09. The fraction of sp³-hybridized carbons (Fsp3) is 0.235. The van der Waals surface area contributed by atoms with Crippen LogP contribution in [0.25, 0.3) is 0 Å². The van der Waals surface area contributed by atoms with Crippen LogP contribution in [0.1, 0.15) is 5.56 Å². The third-order valence-corrected chi connectivity index (χ3v) is 4.13. The van der Waals surface area contributed by atoms with E-state index in [-0.39, 0.29) is 30.6 Å². The molecule has 2 aromatic rings. The van der Waals surface area contributed by atoms with Crippen molar-refractivity contribution in [2.24, 2.45) is 0 Å². The third kappa shape index (κ3) is 6.21. The number of alkyl halides is 3. The van der Waals surface area contributed by atoms with Crippen molar-refractivity contribution in [1.29, 1.82) is 0 Å². The average Bonchev–Trinajstić information content (AvgIpc) is 2.59. The Labute approximate surface area is 150 Å². The summed E-state index contributed by atoms with van der Waals surface area (Å²) < 4.78 is 68.3. The molecule has 3 nitrogen and oxygen atoms in total. The molecule has 0 spiro atoms. The highest BCUT2D eigenvalue weighted by atomic mass is 32.2. The van der Waals surface area contributed by atoms with Gasteiger partial charge in [-0.25, -0.2) is 8.78 Å². The molecule has 1 amide bonds. The van der Waals surface area contributed by atoms with Gasteiger partial charge in [0.15, 0.2) is 11.6 Å². The summed E-state index contributed by atoms with van der Waals surface area (Å²) in [6.07, 6.45) is -4.41. The number of rotatable bonds is 7. The number of thioether (sulfide) groups is 1. The van der Waals surface area contributed by atoms with Gasteiger partial charge < -0.3 is 10.1 Å². The van der Waals surface area contributed by atoms with Crippen molar-refractivity contribution >= 4 is 17.7 Å². The number of hydrogen-bond acceptors (Lipinski definition) is 3. The van der Waals surface area contributed by atoms with Gasteiger partial charge in [0, 0.05) is 4.90 Å². The molecule has 0 fully saturated rings. The van der Waals surface area contributed by atoms with Crippen LogP contribution in [-0.2, 0) is 11.0 Å². The van der Waals surface area contributed by atoms with E-state index in [9.17, 15) is 26.7 Å². The minimum absolute atomic E-state index is 0.00531. The van der Waals surface area contributed by atoms with E-state index in [1.807, 2.05) is 0 Å². The van der Waals surface area contributed by atoms with Gasteiger partial charge in [0.05, 0.1) is 17.9 Å². The first-order chi connectivity index (χ1) is 12.3. The summed E-state index contributed by atoms with van der Waals surface area (Å²) in [5.74, 6) is -2.02. The first-order valence-electron chi connectivity index (χ1n) is 7.40. The predicted octanol–water partition coefficient (Wildman–Crippen LogP) is 4.27. The summed E-state index contributed by atoms with van der Waals surface area (Å²) in [7, 11) is 0. The third-order valence-electron chi connectivity index (χ3n) is 3.14. The molecule has 2 rings (SSSR count). The molecule has 0 aromatic heterocycles.